The fourth-order valence-electron chi connectivity index (χ4n) is 2.79. The lowest BCUT2D eigenvalue weighted by Crippen LogP contribution is -2.13. The van der Waals surface area contributed by atoms with Crippen LogP contribution in [0, 0.1) is 13.8 Å². The molecule has 0 bridgehead atoms. The minimum absolute atomic E-state index is 0.145. The molecule has 0 atom stereocenters. The van der Waals surface area contributed by atoms with Crippen molar-refractivity contribution in [3.63, 3.8) is 0 Å². The Hall–Kier alpha value is -3.37. The molecule has 168 valence electrons. The van der Waals surface area contributed by atoms with Gasteiger partial charge < -0.3 is 13.5 Å². The van der Waals surface area contributed by atoms with Crippen molar-refractivity contribution in [2.24, 2.45) is 0 Å². The van der Waals surface area contributed by atoms with E-state index in [9.17, 15) is 26.7 Å². The quantitative estimate of drug-likeness (QED) is 0.404. The number of benzene rings is 3. The molecular weight excluding hydrogens is 456 g/mol. The van der Waals surface area contributed by atoms with Gasteiger partial charge in [-0.15, -0.1) is 0 Å². The predicted molar refractivity (Wildman–Crippen MR) is 116 cm³/mol. The summed E-state index contributed by atoms with van der Waals surface area (Å²) in [5.74, 6) is -2.37. The molecule has 0 aliphatic heterocycles. The smallest absolute Gasteiger partial charge is 0.339 e. The van der Waals surface area contributed by atoms with Crippen LogP contribution in [0.25, 0.3) is 0 Å². The van der Waals surface area contributed by atoms with Crippen LogP contribution >= 0.6 is 0 Å². The Balaban J connectivity index is 2.03. The van der Waals surface area contributed by atoms with Crippen LogP contribution in [-0.2, 0) is 20.2 Å². The summed E-state index contributed by atoms with van der Waals surface area (Å²) in [6.07, 6.45) is 0. The molecule has 1 N–H and O–H groups in total. The minimum atomic E-state index is -4.39. The standard InChI is InChI=1S/C22H20O8S2/c1-14-4-8-18(9-5-14)31(25,26)29-17-12-20(24)22(16(3)23)21(13-17)30-32(27,28)19-10-6-15(2)7-11-19/h4-13,24H,1-3H3. The van der Waals surface area contributed by atoms with E-state index in [1.165, 1.54) is 24.3 Å². The second-order valence-electron chi connectivity index (χ2n) is 7.07. The third-order valence-corrected chi connectivity index (χ3v) is 6.94. The fourth-order valence-corrected chi connectivity index (χ4v) is 4.64. The number of ketones is 1. The molecule has 0 radical (unpaired) electrons. The van der Waals surface area contributed by atoms with E-state index in [2.05, 4.69) is 0 Å². The van der Waals surface area contributed by atoms with Gasteiger partial charge >= 0.3 is 20.2 Å². The highest BCUT2D eigenvalue weighted by molar-refractivity contribution is 7.87. The summed E-state index contributed by atoms with van der Waals surface area (Å²) in [6, 6.07) is 13.4. The first kappa shape index (κ1) is 23.3. The number of hydrogen-bond donors (Lipinski definition) is 1. The Bertz CT molecular complexity index is 1370. The van der Waals surface area contributed by atoms with Crippen molar-refractivity contribution in [3.05, 3.63) is 77.4 Å². The van der Waals surface area contributed by atoms with Crippen molar-refractivity contribution < 1.29 is 35.1 Å². The van der Waals surface area contributed by atoms with Crippen LogP contribution < -0.4 is 8.37 Å². The molecule has 0 aromatic heterocycles. The lowest BCUT2D eigenvalue weighted by Gasteiger charge is -2.14. The highest BCUT2D eigenvalue weighted by atomic mass is 32.2. The topological polar surface area (TPSA) is 124 Å². The average molecular weight is 477 g/mol. The first-order valence-corrected chi connectivity index (χ1v) is 12.1. The van der Waals surface area contributed by atoms with Gasteiger partial charge in [-0.3, -0.25) is 4.79 Å². The van der Waals surface area contributed by atoms with Gasteiger partial charge in [-0.2, -0.15) is 16.8 Å². The number of Topliss-reactive ketones (excluding diaryl/α,β-unsaturated/α-hetero) is 1. The van der Waals surface area contributed by atoms with Crippen molar-refractivity contribution in [2.45, 2.75) is 30.6 Å². The summed E-state index contributed by atoms with van der Waals surface area (Å²) in [5.41, 5.74) is 1.23. The number of phenolic OH excluding ortho intramolecular Hbond substituents is 1. The Morgan fingerprint density at radius 1 is 0.750 bits per heavy atom. The summed E-state index contributed by atoms with van der Waals surface area (Å²) in [5, 5.41) is 10.3. The van der Waals surface area contributed by atoms with E-state index in [0.717, 1.165) is 30.2 Å². The summed E-state index contributed by atoms with van der Waals surface area (Å²) < 4.78 is 60.6. The number of carbonyl (C=O) groups is 1. The van der Waals surface area contributed by atoms with Crippen molar-refractivity contribution in [3.8, 4) is 17.2 Å². The van der Waals surface area contributed by atoms with Gasteiger partial charge in [0.2, 0.25) is 0 Å². The molecule has 0 spiro atoms. The van der Waals surface area contributed by atoms with Gasteiger partial charge in [0.1, 0.15) is 26.9 Å². The number of hydrogen-bond acceptors (Lipinski definition) is 8. The summed E-state index contributed by atoms with van der Waals surface area (Å²) in [4.78, 5) is 11.7. The second kappa shape index (κ2) is 8.64. The Kier molecular flexibility index (Phi) is 6.29. The normalized spacial score (nSPS) is 11.7. The molecule has 3 rings (SSSR count). The van der Waals surface area contributed by atoms with E-state index >= 15 is 0 Å². The first-order chi connectivity index (χ1) is 14.9. The van der Waals surface area contributed by atoms with Crippen LogP contribution in [0.1, 0.15) is 28.4 Å². The summed E-state index contributed by atoms with van der Waals surface area (Å²) >= 11 is 0. The van der Waals surface area contributed by atoms with E-state index in [1.807, 2.05) is 0 Å². The molecular formula is C22H20O8S2. The van der Waals surface area contributed by atoms with Gasteiger partial charge in [0, 0.05) is 12.1 Å². The second-order valence-corrected chi connectivity index (χ2v) is 10.2. The van der Waals surface area contributed by atoms with E-state index < -0.39 is 48.8 Å². The van der Waals surface area contributed by atoms with Crippen LogP contribution in [0.3, 0.4) is 0 Å². The largest absolute Gasteiger partial charge is 0.507 e. The fraction of sp³-hybridized carbons (Fsp3) is 0.136. The lowest BCUT2D eigenvalue weighted by molar-refractivity contribution is 0.101. The first-order valence-electron chi connectivity index (χ1n) is 9.29. The molecule has 8 nitrogen and oxygen atoms in total. The molecule has 10 heteroatoms. The molecule has 0 saturated heterocycles. The van der Waals surface area contributed by atoms with Gasteiger partial charge in [0.15, 0.2) is 11.5 Å². The van der Waals surface area contributed by atoms with Crippen LogP contribution in [-0.4, -0.2) is 27.7 Å². The van der Waals surface area contributed by atoms with Crippen molar-refractivity contribution in [1.29, 1.82) is 0 Å². The molecule has 32 heavy (non-hydrogen) atoms. The van der Waals surface area contributed by atoms with Crippen LogP contribution in [0.15, 0.2) is 70.5 Å². The molecule has 0 aliphatic carbocycles. The molecule has 0 saturated carbocycles. The zero-order valence-corrected chi connectivity index (χ0v) is 19.0. The Morgan fingerprint density at radius 3 is 1.62 bits per heavy atom. The highest BCUT2D eigenvalue weighted by Gasteiger charge is 2.25. The maximum absolute atomic E-state index is 12.7. The zero-order chi connectivity index (χ0) is 23.7. The molecule has 0 fully saturated rings. The van der Waals surface area contributed by atoms with Crippen molar-refractivity contribution in [1.82, 2.24) is 0 Å². The van der Waals surface area contributed by atoms with E-state index in [4.69, 9.17) is 8.37 Å². The van der Waals surface area contributed by atoms with Gasteiger partial charge in [0.05, 0.1) is 0 Å². The summed E-state index contributed by atoms with van der Waals surface area (Å²) in [7, 11) is -8.69. The summed E-state index contributed by atoms with van der Waals surface area (Å²) in [6.45, 7) is 4.66. The molecule has 0 amide bonds. The van der Waals surface area contributed by atoms with Crippen molar-refractivity contribution >= 4 is 26.0 Å². The number of aryl methyl sites for hydroxylation is 2. The van der Waals surface area contributed by atoms with E-state index in [1.54, 1.807) is 38.1 Å². The predicted octanol–water partition coefficient (Wildman–Crippen LogP) is 3.75. The molecule has 0 unspecified atom stereocenters. The maximum Gasteiger partial charge on any atom is 0.339 e. The third kappa shape index (κ3) is 5.09. The molecule has 0 heterocycles. The Labute approximate surface area is 186 Å². The number of carbonyl (C=O) groups excluding carboxylic acids is 1. The lowest BCUT2D eigenvalue weighted by atomic mass is 10.1. The average Bonchev–Trinajstić information content (AvgIpc) is 2.67. The Morgan fingerprint density at radius 2 is 1.19 bits per heavy atom. The maximum atomic E-state index is 12.7. The molecule has 0 aliphatic rings. The van der Waals surface area contributed by atoms with Crippen LogP contribution in [0.5, 0.6) is 17.2 Å². The van der Waals surface area contributed by atoms with Crippen molar-refractivity contribution in [2.75, 3.05) is 0 Å². The number of rotatable bonds is 7. The monoisotopic (exact) mass is 476 g/mol. The van der Waals surface area contributed by atoms with Gasteiger partial charge in [-0.05, 0) is 45.0 Å². The zero-order valence-electron chi connectivity index (χ0n) is 17.4. The SMILES string of the molecule is CC(=O)c1c(O)cc(OS(=O)(=O)c2ccc(C)cc2)cc1OS(=O)(=O)c1ccc(C)cc1. The minimum Gasteiger partial charge on any atom is -0.507 e. The van der Waals surface area contributed by atoms with E-state index in [0.29, 0.717) is 0 Å². The molecule has 3 aromatic rings. The van der Waals surface area contributed by atoms with E-state index in [-0.39, 0.29) is 9.79 Å². The number of phenols is 1. The highest BCUT2D eigenvalue weighted by Crippen LogP contribution is 2.36. The van der Waals surface area contributed by atoms with Gasteiger partial charge in [-0.25, -0.2) is 0 Å². The number of aromatic hydroxyl groups is 1. The van der Waals surface area contributed by atoms with Crippen LogP contribution in [0.4, 0.5) is 0 Å². The third-order valence-electron chi connectivity index (χ3n) is 4.43. The van der Waals surface area contributed by atoms with Gasteiger partial charge in [0.25, 0.3) is 0 Å². The molecule has 3 aromatic carbocycles. The van der Waals surface area contributed by atoms with Crippen LogP contribution in [0.2, 0.25) is 0 Å². The van der Waals surface area contributed by atoms with Gasteiger partial charge in [-0.1, -0.05) is 35.4 Å².